The molecule has 4 aliphatic rings. The van der Waals surface area contributed by atoms with Gasteiger partial charge in [-0.3, -0.25) is 9.59 Å². The van der Waals surface area contributed by atoms with Crippen molar-refractivity contribution in [1.82, 2.24) is 14.7 Å². The van der Waals surface area contributed by atoms with Gasteiger partial charge in [-0.05, 0) is 74.4 Å². The Kier molecular flexibility index (Phi) is 9.04. The Balaban J connectivity index is 0.00000308. The third-order valence-corrected chi connectivity index (χ3v) is 10.4. The van der Waals surface area contributed by atoms with Gasteiger partial charge in [0.2, 0.25) is 11.8 Å². The van der Waals surface area contributed by atoms with E-state index in [0.29, 0.717) is 30.2 Å². The second-order valence-electron chi connectivity index (χ2n) is 12.2. The molecular weight excluding hydrogens is 574 g/mol. The standard InChI is InChI=1S/C32H40BrN3O2.ClH/c33-28-12-10-24(11-13-28)20-35-19-16-32(31(35)38)14-17-34(18-15-32)21-27-22-36(30(37)26-8-4-5-9-26)23-29(27)25-6-2-1-3-7-25;/h1-3,6-7,10-13,26-27,29H,4-5,8-9,14-23H2;1H. The average molecular weight is 615 g/mol. The lowest BCUT2D eigenvalue weighted by Gasteiger charge is -2.39. The van der Waals surface area contributed by atoms with Crippen molar-refractivity contribution in [2.24, 2.45) is 17.3 Å². The molecule has 7 heteroatoms. The number of carbonyl (C=O) groups is 2. The maximum Gasteiger partial charge on any atom is 0.229 e. The SMILES string of the molecule is Cl.O=C(C1CCCC1)N1CC(CN2CCC3(CC2)CCN(Cc2ccc(Br)cc2)C3=O)C(c2ccccc2)C1. The van der Waals surface area contributed by atoms with Gasteiger partial charge in [-0.25, -0.2) is 0 Å². The summed E-state index contributed by atoms with van der Waals surface area (Å²) in [7, 11) is 0. The summed E-state index contributed by atoms with van der Waals surface area (Å²) in [6.45, 7) is 6.27. The lowest BCUT2D eigenvalue weighted by molar-refractivity contribution is -0.139. The first-order valence-corrected chi connectivity index (χ1v) is 15.4. The van der Waals surface area contributed by atoms with Crippen LogP contribution >= 0.6 is 28.3 Å². The van der Waals surface area contributed by atoms with Crippen LogP contribution in [0, 0.1) is 17.3 Å². The molecule has 3 aliphatic heterocycles. The monoisotopic (exact) mass is 613 g/mol. The summed E-state index contributed by atoms with van der Waals surface area (Å²) < 4.78 is 1.07. The van der Waals surface area contributed by atoms with Crippen LogP contribution in [0.15, 0.2) is 59.1 Å². The molecule has 210 valence electrons. The molecule has 2 atom stereocenters. The van der Waals surface area contributed by atoms with Crippen LogP contribution in [-0.4, -0.2) is 65.8 Å². The highest BCUT2D eigenvalue weighted by Crippen LogP contribution is 2.43. The fourth-order valence-corrected chi connectivity index (χ4v) is 7.82. The minimum atomic E-state index is -0.176. The maximum atomic E-state index is 13.5. The van der Waals surface area contributed by atoms with E-state index in [9.17, 15) is 9.59 Å². The zero-order chi connectivity index (χ0) is 26.1. The van der Waals surface area contributed by atoms with E-state index in [4.69, 9.17) is 0 Å². The number of hydrogen-bond acceptors (Lipinski definition) is 3. The van der Waals surface area contributed by atoms with E-state index in [0.717, 1.165) is 75.8 Å². The summed E-state index contributed by atoms with van der Waals surface area (Å²) in [4.78, 5) is 33.7. The van der Waals surface area contributed by atoms with Crippen molar-refractivity contribution in [3.63, 3.8) is 0 Å². The molecule has 0 radical (unpaired) electrons. The fourth-order valence-electron chi connectivity index (χ4n) is 7.56. The smallest absolute Gasteiger partial charge is 0.229 e. The summed E-state index contributed by atoms with van der Waals surface area (Å²) in [6, 6.07) is 19.1. The Morgan fingerprint density at radius 2 is 1.56 bits per heavy atom. The number of hydrogen-bond donors (Lipinski definition) is 0. The number of likely N-dealkylation sites (tertiary alicyclic amines) is 3. The minimum absolute atomic E-state index is 0. The number of benzene rings is 2. The molecule has 0 aromatic heterocycles. The second kappa shape index (κ2) is 12.3. The second-order valence-corrected chi connectivity index (χ2v) is 13.1. The maximum absolute atomic E-state index is 13.5. The van der Waals surface area contributed by atoms with Crippen molar-refractivity contribution in [1.29, 1.82) is 0 Å². The molecule has 0 N–H and O–H groups in total. The summed E-state index contributed by atoms with van der Waals surface area (Å²) in [5.41, 5.74) is 2.38. The number of carbonyl (C=O) groups excluding carboxylic acids is 2. The molecule has 3 heterocycles. The van der Waals surface area contributed by atoms with Gasteiger partial charge in [0.15, 0.2) is 0 Å². The number of rotatable bonds is 6. The number of piperidine rings is 1. The van der Waals surface area contributed by atoms with Gasteiger partial charge >= 0.3 is 0 Å². The number of halogens is 2. The van der Waals surface area contributed by atoms with Crippen molar-refractivity contribution in [3.05, 3.63) is 70.2 Å². The first kappa shape index (κ1) is 28.6. The van der Waals surface area contributed by atoms with E-state index < -0.39 is 0 Å². The molecule has 2 aromatic carbocycles. The largest absolute Gasteiger partial charge is 0.341 e. The lowest BCUT2D eigenvalue weighted by Crippen LogP contribution is -2.46. The van der Waals surface area contributed by atoms with Crippen molar-refractivity contribution in [2.45, 2.75) is 57.4 Å². The average Bonchev–Trinajstić information content (AvgIpc) is 3.69. The fraction of sp³-hybridized carbons (Fsp3) is 0.562. The van der Waals surface area contributed by atoms with Gasteiger partial charge in [0.25, 0.3) is 0 Å². The van der Waals surface area contributed by atoms with Crippen molar-refractivity contribution >= 4 is 40.2 Å². The Bertz CT molecular complexity index is 1130. The molecule has 6 rings (SSSR count). The van der Waals surface area contributed by atoms with Crippen LogP contribution in [0.25, 0.3) is 0 Å². The zero-order valence-electron chi connectivity index (χ0n) is 22.8. The molecule has 2 aromatic rings. The quantitative estimate of drug-likeness (QED) is 0.394. The predicted octanol–water partition coefficient (Wildman–Crippen LogP) is 6.12. The third-order valence-electron chi connectivity index (χ3n) is 9.88. The molecule has 2 amide bonds. The first-order valence-electron chi connectivity index (χ1n) is 14.6. The molecular formula is C32H41BrClN3O2. The van der Waals surface area contributed by atoms with Crippen molar-refractivity contribution in [3.8, 4) is 0 Å². The zero-order valence-corrected chi connectivity index (χ0v) is 25.2. The van der Waals surface area contributed by atoms with Crippen molar-refractivity contribution < 1.29 is 9.59 Å². The van der Waals surface area contributed by atoms with E-state index in [2.05, 4.69) is 85.2 Å². The van der Waals surface area contributed by atoms with Gasteiger partial charge in [0.1, 0.15) is 0 Å². The van der Waals surface area contributed by atoms with Crippen LogP contribution in [0.5, 0.6) is 0 Å². The molecule has 39 heavy (non-hydrogen) atoms. The molecule has 1 saturated carbocycles. The van der Waals surface area contributed by atoms with Crippen LogP contribution < -0.4 is 0 Å². The number of nitrogens with zero attached hydrogens (tertiary/aromatic N) is 3. The van der Waals surface area contributed by atoms with Crippen molar-refractivity contribution in [2.75, 3.05) is 39.3 Å². The Morgan fingerprint density at radius 1 is 0.897 bits per heavy atom. The summed E-state index contributed by atoms with van der Waals surface area (Å²) in [6.07, 6.45) is 7.42. The Labute approximate surface area is 247 Å². The van der Waals surface area contributed by atoms with Crippen LogP contribution in [0.3, 0.4) is 0 Å². The predicted molar refractivity (Wildman–Crippen MR) is 161 cm³/mol. The summed E-state index contributed by atoms with van der Waals surface area (Å²) in [5, 5.41) is 0. The molecule has 0 bridgehead atoms. The van der Waals surface area contributed by atoms with Crippen LogP contribution in [0.4, 0.5) is 0 Å². The van der Waals surface area contributed by atoms with E-state index in [-0.39, 0.29) is 23.7 Å². The third kappa shape index (κ3) is 6.08. The normalized spacial score (nSPS) is 25.4. The van der Waals surface area contributed by atoms with E-state index >= 15 is 0 Å². The molecule has 1 spiro atoms. The van der Waals surface area contributed by atoms with Gasteiger partial charge in [0.05, 0.1) is 5.41 Å². The van der Waals surface area contributed by atoms with Gasteiger partial charge in [0, 0.05) is 49.0 Å². The highest BCUT2D eigenvalue weighted by molar-refractivity contribution is 9.10. The molecule has 2 unspecified atom stereocenters. The van der Waals surface area contributed by atoms with Crippen LogP contribution in [-0.2, 0) is 16.1 Å². The summed E-state index contributed by atoms with van der Waals surface area (Å²) in [5.74, 6) is 1.84. The van der Waals surface area contributed by atoms with Gasteiger partial charge in [-0.2, -0.15) is 0 Å². The highest BCUT2D eigenvalue weighted by Gasteiger charge is 2.48. The Hall–Kier alpha value is -1.89. The van der Waals surface area contributed by atoms with Crippen LogP contribution in [0.2, 0.25) is 0 Å². The Morgan fingerprint density at radius 3 is 2.26 bits per heavy atom. The van der Waals surface area contributed by atoms with Gasteiger partial charge in [-0.15, -0.1) is 12.4 Å². The minimum Gasteiger partial charge on any atom is -0.341 e. The number of amides is 2. The summed E-state index contributed by atoms with van der Waals surface area (Å²) >= 11 is 3.50. The van der Waals surface area contributed by atoms with Gasteiger partial charge in [-0.1, -0.05) is 71.2 Å². The molecule has 3 saturated heterocycles. The van der Waals surface area contributed by atoms with E-state index in [1.165, 1.54) is 24.0 Å². The van der Waals surface area contributed by atoms with E-state index in [1.54, 1.807) is 0 Å². The first-order chi connectivity index (χ1) is 18.5. The topological polar surface area (TPSA) is 43.9 Å². The molecule has 5 nitrogen and oxygen atoms in total. The van der Waals surface area contributed by atoms with Gasteiger partial charge < -0.3 is 14.7 Å². The van der Waals surface area contributed by atoms with Crippen LogP contribution in [0.1, 0.15) is 62.0 Å². The highest BCUT2D eigenvalue weighted by atomic mass is 79.9. The molecule has 1 aliphatic carbocycles. The van der Waals surface area contributed by atoms with E-state index in [1.807, 2.05) is 0 Å². The molecule has 4 fully saturated rings. The lowest BCUT2D eigenvalue weighted by atomic mass is 9.76.